The van der Waals surface area contributed by atoms with E-state index >= 15 is 0 Å². The molecule has 13 heavy (non-hydrogen) atoms. The molecule has 0 aliphatic carbocycles. The molecule has 0 radical (unpaired) electrons. The largest absolute Gasteiger partial charge is 0.624 e. The van der Waals surface area contributed by atoms with E-state index in [9.17, 15) is 10.0 Å². The van der Waals surface area contributed by atoms with E-state index in [1.54, 1.807) is 6.92 Å². The second kappa shape index (κ2) is 5.56. The lowest BCUT2D eigenvalue weighted by molar-refractivity contribution is -0.425. The quantitative estimate of drug-likeness (QED) is 0.218. The van der Waals surface area contributed by atoms with Crippen molar-refractivity contribution in [3.8, 4) is 0 Å². The number of ether oxygens (including phenoxy) is 1. The van der Waals surface area contributed by atoms with Gasteiger partial charge in [0, 0.05) is 5.92 Å². The molecule has 4 nitrogen and oxygen atoms in total. The molecular weight excluding hydrogens is 170 g/mol. The van der Waals surface area contributed by atoms with Crippen LogP contribution in [0.2, 0.25) is 0 Å². The van der Waals surface area contributed by atoms with Gasteiger partial charge in [-0.15, -0.1) is 0 Å². The van der Waals surface area contributed by atoms with Gasteiger partial charge in [0.2, 0.25) is 0 Å². The van der Waals surface area contributed by atoms with E-state index in [0.717, 1.165) is 6.42 Å². The molecule has 0 rings (SSSR count). The number of hydrogen-bond acceptors (Lipinski definition) is 3. The highest BCUT2D eigenvalue weighted by atomic mass is 16.5. The summed E-state index contributed by atoms with van der Waals surface area (Å²) < 4.78 is 5.36. The minimum atomic E-state index is -0.505. The van der Waals surface area contributed by atoms with Crippen molar-refractivity contribution in [3.05, 3.63) is 5.21 Å². The third-order valence-corrected chi connectivity index (χ3v) is 1.90. The van der Waals surface area contributed by atoms with Crippen LogP contribution in [0.25, 0.3) is 0 Å². The number of esters is 1. The number of carbonyl (C=O) groups is 1. The van der Waals surface area contributed by atoms with Crippen molar-refractivity contribution < 1.29 is 14.3 Å². The van der Waals surface area contributed by atoms with Crippen LogP contribution in [0.3, 0.4) is 0 Å². The predicted molar refractivity (Wildman–Crippen MR) is 50.6 cm³/mol. The molecule has 0 amide bonds. The lowest BCUT2D eigenvalue weighted by atomic mass is 10.0. The molecule has 1 atom stereocenters. The molecule has 0 aromatic rings. The molecule has 0 aliphatic heterocycles. The van der Waals surface area contributed by atoms with Crippen molar-refractivity contribution in [3.63, 3.8) is 0 Å². The summed E-state index contributed by atoms with van der Waals surface area (Å²) in [5.41, 5.74) is 0.198. The van der Waals surface area contributed by atoms with Crippen LogP contribution in [-0.4, -0.2) is 30.1 Å². The van der Waals surface area contributed by atoms with Crippen LogP contribution in [0.1, 0.15) is 27.2 Å². The van der Waals surface area contributed by atoms with Crippen LogP contribution in [0.15, 0.2) is 0 Å². The van der Waals surface area contributed by atoms with Crippen molar-refractivity contribution in [1.82, 2.24) is 0 Å². The maximum absolute atomic E-state index is 11.3. The van der Waals surface area contributed by atoms with Gasteiger partial charge in [-0.2, -0.15) is 0 Å². The Hall–Kier alpha value is -1.06. The van der Waals surface area contributed by atoms with Crippen LogP contribution in [0.5, 0.6) is 0 Å². The summed E-state index contributed by atoms with van der Waals surface area (Å²) in [5.74, 6) is -0.559. The first-order valence-corrected chi connectivity index (χ1v) is 4.49. The van der Waals surface area contributed by atoms with Crippen LogP contribution in [0.4, 0.5) is 0 Å². The summed E-state index contributed by atoms with van der Waals surface area (Å²) in [6, 6.07) is 0. The molecule has 0 N–H and O–H groups in total. The average Bonchev–Trinajstić information content (AvgIpc) is 2.04. The molecule has 0 bridgehead atoms. The number of hydroxylamine groups is 1. The molecule has 0 heterocycles. The van der Waals surface area contributed by atoms with Crippen LogP contribution < -0.4 is 0 Å². The first-order valence-electron chi connectivity index (χ1n) is 4.49. The zero-order valence-corrected chi connectivity index (χ0v) is 8.66. The minimum Gasteiger partial charge on any atom is -0.624 e. The Labute approximate surface area is 78.8 Å². The fourth-order valence-corrected chi connectivity index (χ4v) is 1.04. The Morgan fingerprint density at radius 2 is 2.08 bits per heavy atom. The highest BCUT2D eigenvalue weighted by Crippen LogP contribution is 2.05. The van der Waals surface area contributed by atoms with Crippen molar-refractivity contribution >= 4 is 11.7 Å². The molecule has 4 heteroatoms. The lowest BCUT2D eigenvalue weighted by Gasteiger charge is -2.10. The summed E-state index contributed by atoms with van der Waals surface area (Å²) in [6.07, 6.45) is 0.751. The third-order valence-electron chi connectivity index (χ3n) is 1.90. The summed E-state index contributed by atoms with van der Waals surface area (Å²) in [5, 5.41) is 11.0. The Bertz CT molecular complexity index is 207. The SMILES string of the molecule is CCOC(=O)/C(C(C)CC)=[N+](/C)[O-]. The van der Waals surface area contributed by atoms with Crippen LogP contribution >= 0.6 is 0 Å². The Morgan fingerprint density at radius 3 is 2.38 bits per heavy atom. The minimum absolute atomic E-state index is 0.0541. The average molecular weight is 187 g/mol. The highest BCUT2D eigenvalue weighted by molar-refractivity contribution is 6.34. The number of nitrogens with zero attached hydrogens (tertiary/aromatic N) is 1. The molecule has 0 aromatic carbocycles. The van der Waals surface area contributed by atoms with Crippen molar-refractivity contribution in [2.45, 2.75) is 27.2 Å². The maximum atomic E-state index is 11.3. The molecule has 0 fully saturated rings. The first-order chi connectivity index (χ1) is 6.04. The van der Waals surface area contributed by atoms with Crippen molar-refractivity contribution in [2.24, 2.45) is 5.92 Å². The molecule has 0 saturated carbocycles. The number of hydrogen-bond donors (Lipinski definition) is 0. The third kappa shape index (κ3) is 3.44. The van der Waals surface area contributed by atoms with Gasteiger partial charge in [-0.3, -0.25) is 0 Å². The summed E-state index contributed by atoms with van der Waals surface area (Å²) in [4.78, 5) is 11.3. The van der Waals surface area contributed by atoms with Gasteiger partial charge < -0.3 is 9.94 Å². The van der Waals surface area contributed by atoms with E-state index in [0.29, 0.717) is 11.3 Å². The van der Waals surface area contributed by atoms with Crippen molar-refractivity contribution in [2.75, 3.05) is 13.7 Å². The fraction of sp³-hybridized carbons (Fsp3) is 0.778. The Balaban J connectivity index is 4.64. The van der Waals surface area contributed by atoms with Gasteiger partial charge in [-0.05, 0) is 13.3 Å². The number of carbonyl (C=O) groups excluding carboxylic acids is 1. The smallest absolute Gasteiger partial charge is 0.400 e. The van der Waals surface area contributed by atoms with Crippen LogP contribution in [0, 0.1) is 11.1 Å². The van der Waals surface area contributed by atoms with Gasteiger partial charge >= 0.3 is 5.97 Å². The zero-order chi connectivity index (χ0) is 10.4. The molecule has 1 unspecified atom stereocenters. The van der Waals surface area contributed by atoms with Gasteiger partial charge in [0.05, 0.1) is 6.61 Å². The Kier molecular flexibility index (Phi) is 5.11. The predicted octanol–water partition coefficient (Wildman–Crippen LogP) is 1.18. The second-order valence-electron chi connectivity index (χ2n) is 2.91. The maximum Gasteiger partial charge on any atom is 0.400 e. The van der Waals surface area contributed by atoms with Gasteiger partial charge in [0.15, 0.2) is 0 Å². The summed E-state index contributed by atoms with van der Waals surface area (Å²) in [7, 11) is 1.32. The molecule has 0 saturated heterocycles. The summed E-state index contributed by atoms with van der Waals surface area (Å²) in [6.45, 7) is 5.78. The zero-order valence-electron chi connectivity index (χ0n) is 8.66. The van der Waals surface area contributed by atoms with Crippen molar-refractivity contribution in [1.29, 1.82) is 0 Å². The van der Waals surface area contributed by atoms with Crippen LogP contribution in [-0.2, 0) is 9.53 Å². The van der Waals surface area contributed by atoms with E-state index in [4.69, 9.17) is 4.74 Å². The normalized spacial score (nSPS) is 14.8. The van der Waals surface area contributed by atoms with E-state index in [-0.39, 0.29) is 11.6 Å². The monoisotopic (exact) mass is 187 g/mol. The topological polar surface area (TPSA) is 52.4 Å². The van der Waals surface area contributed by atoms with Gasteiger partial charge in [-0.25, -0.2) is 9.53 Å². The molecule has 76 valence electrons. The van der Waals surface area contributed by atoms with E-state index in [2.05, 4.69) is 0 Å². The van der Waals surface area contributed by atoms with E-state index in [1.165, 1.54) is 7.05 Å². The first kappa shape index (κ1) is 11.9. The fourth-order valence-electron chi connectivity index (χ4n) is 1.04. The second-order valence-corrected chi connectivity index (χ2v) is 2.91. The molecule has 0 aromatic heterocycles. The standard InChI is InChI=1S/C9H17NO3/c1-5-7(3)8(10(4)12)9(11)13-6-2/h7H,5-6H2,1-4H3/b10-8-. The highest BCUT2D eigenvalue weighted by Gasteiger charge is 2.25. The molecule has 0 aliphatic rings. The van der Waals surface area contributed by atoms with E-state index < -0.39 is 5.97 Å². The number of rotatable bonds is 4. The summed E-state index contributed by atoms with van der Waals surface area (Å²) >= 11 is 0. The molecular formula is C9H17NO3. The molecule has 0 spiro atoms. The van der Waals surface area contributed by atoms with Gasteiger partial charge in [-0.1, -0.05) is 13.8 Å². The van der Waals surface area contributed by atoms with Gasteiger partial charge in [0.1, 0.15) is 7.05 Å². The Morgan fingerprint density at radius 1 is 1.54 bits per heavy atom. The van der Waals surface area contributed by atoms with E-state index in [1.807, 2.05) is 13.8 Å². The van der Waals surface area contributed by atoms with Gasteiger partial charge in [0.25, 0.3) is 5.71 Å². The lowest BCUT2D eigenvalue weighted by Crippen LogP contribution is -2.30.